The Morgan fingerprint density at radius 1 is 1.16 bits per heavy atom. The molecule has 0 unspecified atom stereocenters. The third-order valence-corrected chi connectivity index (χ3v) is 7.94. The van der Waals surface area contributed by atoms with Crippen molar-refractivity contribution in [3.63, 3.8) is 0 Å². The molecular formula is C21H22N4O4S2. The van der Waals surface area contributed by atoms with Crippen LogP contribution in [0.3, 0.4) is 0 Å². The number of aryl methyl sites for hydroxylation is 1. The van der Waals surface area contributed by atoms with Crippen molar-refractivity contribution in [2.24, 2.45) is 14.1 Å². The van der Waals surface area contributed by atoms with Crippen LogP contribution in [0, 0.1) is 0 Å². The fraction of sp³-hybridized carbons (Fsp3) is 0.333. The van der Waals surface area contributed by atoms with Crippen LogP contribution in [-0.4, -0.2) is 38.1 Å². The normalized spacial score (nSPS) is 14.5. The number of pyridine rings is 1. The number of hydrogen-bond donors (Lipinski definition) is 1. The minimum atomic E-state index is -0.465. The first kappa shape index (κ1) is 21.5. The second kappa shape index (κ2) is 9.19. The van der Waals surface area contributed by atoms with E-state index >= 15 is 0 Å². The van der Waals surface area contributed by atoms with Crippen LogP contribution in [0.25, 0.3) is 11.0 Å². The van der Waals surface area contributed by atoms with Gasteiger partial charge in [0.1, 0.15) is 11.4 Å². The summed E-state index contributed by atoms with van der Waals surface area (Å²) in [6.45, 7) is -0.171. The van der Waals surface area contributed by atoms with Gasteiger partial charge in [0.05, 0.1) is 21.9 Å². The molecule has 1 saturated heterocycles. The van der Waals surface area contributed by atoms with E-state index in [9.17, 15) is 14.4 Å². The first-order valence-electron chi connectivity index (χ1n) is 9.75. The van der Waals surface area contributed by atoms with E-state index in [0.717, 1.165) is 4.57 Å². The van der Waals surface area contributed by atoms with Crippen molar-refractivity contribution in [3.8, 4) is 5.75 Å². The molecule has 3 heterocycles. The number of thioether (sulfide) groups is 2. The van der Waals surface area contributed by atoms with Crippen molar-refractivity contribution in [3.05, 3.63) is 62.9 Å². The Bertz CT molecular complexity index is 1230. The van der Waals surface area contributed by atoms with E-state index < -0.39 is 11.2 Å². The summed E-state index contributed by atoms with van der Waals surface area (Å²) in [5.74, 6) is 2.61. The van der Waals surface area contributed by atoms with Crippen LogP contribution in [-0.2, 0) is 18.9 Å². The van der Waals surface area contributed by atoms with Gasteiger partial charge in [-0.15, -0.1) is 23.5 Å². The maximum absolute atomic E-state index is 12.4. The number of amides is 1. The van der Waals surface area contributed by atoms with Crippen LogP contribution in [0.5, 0.6) is 5.75 Å². The van der Waals surface area contributed by atoms with Crippen molar-refractivity contribution in [1.82, 2.24) is 14.1 Å². The van der Waals surface area contributed by atoms with E-state index in [2.05, 4.69) is 10.3 Å². The Labute approximate surface area is 187 Å². The van der Waals surface area contributed by atoms with E-state index in [1.165, 1.54) is 47.4 Å². The number of ether oxygens (including phenoxy) is 1. The molecule has 8 nitrogen and oxygen atoms in total. The molecular weight excluding hydrogens is 436 g/mol. The van der Waals surface area contributed by atoms with Crippen molar-refractivity contribution < 1.29 is 9.53 Å². The van der Waals surface area contributed by atoms with Gasteiger partial charge in [-0.05, 0) is 41.7 Å². The van der Waals surface area contributed by atoms with Crippen molar-refractivity contribution >= 4 is 46.2 Å². The summed E-state index contributed by atoms with van der Waals surface area (Å²) in [4.78, 5) is 40.8. The molecule has 1 aromatic carbocycles. The molecule has 2 aromatic heterocycles. The summed E-state index contributed by atoms with van der Waals surface area (Å²) >= 11 is 3.91. The Kier molecular flexibility index (Phi) is 6.38. The summed E-state index contributed by atoms with van der Waals surface area (Å²) < 4.78 is 8.35. The Hall–Kier alpha value is -2.72. The number of hydrogen-bond acceptors (Lipinski definition) is 7. The lowest BCUT2D eigenvalue weighted by Gasteiger charge is -2.21. The molecule has 1 aliphatic heterocycles. The lowest BCUT2D eigenvalue weighted by molar-refractivity contribution is -0.118. The van der Waals surface area contributed by atoms with Crippen molar-refractivity contribution in [2.45, 2.75) is 11.0 Å². The number of benzene rings is 1. The maximum atomic E-state index is 12.4. The molecule has 1 N–H and O–H groups in total. The maximum Gasteiger partial charge on any atom is 0.332 e. The summed E-state index contributed by atoms with van der Waals surface area (Å²) in [6, 6.07) is 9.34. The highest BCUT2D eigenvalue weighted by Crippen LogP contribution is 2.43. The zero-order valence-corrected chi connectivity index (χ0v) is 18.8. The Morgan fingerprint density at radius 2 is 1.87 bits per heavy atom. The third kappa shape index (κ3) is 4.64. The number of fused-ring (bicyclic) bond motifs is 1. The standard InChI is InChI=1S/C21H22N4O4S2/c1-24-18-16(19(27)25(2)21(24)28)10-14(11-22-18)23-17(26)12-29-15-6-4-13(5-7-15)20-30-8-3-9-31-20/h4-7,10-11,20H,3,8-9,12H2,1-2H3,(H,23,26). The molecule has 0 radical (unpaired) electrons. The van der Waals surface area contributed by atoms with Gasteiger partial charge in [0, 0.05) is 14.1 Å². The second-order valence-electron chi connectivity index (χ2n) is 7.13. The zero-order chi connectivity index (χ0) is 22.0. The Balaban J connectivity index is 1.40. The SMILES string of the molecule is Cn1c(=O)c2cc(NC(=O)COc3ccc(C4SCCCS4)cc3)cnc2n(C)c1=O. The molecule has 0 aliphatic carbocycles. The summed E-state index contributed by atoms with van der Waals surface area (Å²) in [7, 11) is 2.94. The number of carbonyl (C=O) groups is 1. The third-order valence-electron chi connectivity index (χ3n) is 4.93. The molecule has 4 rings (SSSR count). The van der Waals surface area contributed by atoms with Crippen LogP contribution in [0.4, 0.5) is 5.69 Å². The first-order chi connectivity index (χ1) is 14.9. The van der Waals surface area contributed by atoms with Gasteiger partial charge in [0.25, 0.3) is 11.5 Å². The van der Waals surface area contributed by atoms with Gasteiger partial charge < -0.3 is 10.1 Å². The number of anilines is 1. The first-order valence-corrected chi connectivity index (χ1v) is 11.9. The predicted octanol–water partition coefficient (Wildman–Crippen LogP) is 2.52. The lowest BCUT2D eigenvalue weighted by atomic mass is 10.2. The molecule has 0 saturated carbocycles. The van der Waals surface area contributed by atoms with Crippen LogP contribution in [0.1, 0.15) is 16.6 Å². The lowest BCUT2D eigenvalue weighted by Crippen LogP contribution is -2.37. The smallest absolute Gasteiger partial charge is 0.332 e. The number of nitrogens with one attached hydrogen (secondary N) is 1. The van der Waals surface area contributed by atoms with Gasteiger partial charge in [-0.1, -0.05) is 12.1 Å². The van der Waals surface area contributed by atoms with Crippen LogP contribution in [0.2, 0.25) is 0 Å². The summed E-state index contributed by atoms with van der Waals surface area (Å²) in [5, 5.41) is 2.93. The molecule has 1 amide bonds. The van der Waals surface area contributed by atoms with Crippen LogP contribution < -0.4 is 21.3 Å². The van der Waals surface area contributed by atoms with Gasteiger partial charge in [0.2, 0.25) is 0 Å². The molecule has 0 bridgehead atoms. The van der Waals surface area contributed by atoms with Gasteiger partial charge in [0.15, 0.2) is 6.61 Å². The quantitative estimate of drug-likeness (QED) is 0.628. The van der Waals surface area contributed by atoms with Crippen LogP contribution >= 0.6 is 23.5 Å². The van der Waals surface area contributed by atoms with Gasteiger partial charge in [-0.25, -0.2) is 9.78 Å². The highest BCUT2D eigenvalue weighted by molar-refractivity contribution is 8.16. The van der Waals surface area contributed by atoms with Gasteiger partial charge in [-0.3, -0.25) is 18.7 Å². The average molecular weight is 459 g/mol. The number of nitrogens with zero attached hydrogens (tertiary/aromatic N) is 3. The number of carbonyl (C=O) groups excluding carboxylic acids is 1. The largest absolute Gasteiger partial charge is 0.484 e. The van der Waals surface area contributed by atoms with Gasteiger partial charge >= 0.3 is 5.69 Å². The van der Waals surface area contributed by atoms with E-state index in [1.54, 1.807) is 7.05 Å². The number of aromatic nitrogens is 3. The van der Waals surface area contributed by atoms with Gasteiger partial charge in [-0.2, -0.15) is 0 Å². The van der Waals surface area contributed by atoms with Crippen molar-refractivity contribution in [1.29, 1.82) is 0 Å². The van der Waals surface area contributed by atoms with E-state index in [4.69, 9.17) is 4.74 Å². The predicted molar refractivity (Wildman–Crippen MR) is 125 cm³/mol. The minimum Gasteiger partial charge on any atom is -0.484 e. The van der Waals surface area contributed by atoms with E-state index in [-0.39, 0.29) is 23.5 Å². The van der Waals surface area contributed by atoms with E-state index in [0.29, 0.717) is 16.0 Å². The Morgan fingerprint density at radius 3 is 2.58 bits per heavy atom. The summed E-state index contributed by atoms with van der Waals surface area (Å²) in [5.41, 5.74) is 0.953. The van der Waals surface area contributed by atoms with E-state index in [1.807, 2.05) is 47.8 Å². The average Bonchev–Trinajstić information content (AvgIpc) is 2.81. The molecule has 0 atom stereocenters. The molecule has 1 aliphatic rings. The van der Waals surface area contributed by atoms with Crippen LogP contribution in [0.15, 0.2) is 46.1 Å². The highest BCUT2D eigenvalue weighted by atomic mass is 32.2. The minimum absolute atomic E-state index is 0.171. The monoisotopic (exact) mass is 458 g/mol. The molecule has 10 heteroatoms. The molecule has 3 aromatic rings. The molecule has 162 valence electrons. The second-order valence-corrected chi connectivity index (χ2v) is 9.86. The fourth-order valence-electron chi connectivity index (χ4n) is 3.28. The molecule has 0 spiro atoms. The number of rotatable bonds is 5. The van der Waals surface area contributed by atoms with Crippen molar-refractivity contribution in [2.75, 3.05) is 23.4 Å². The molecule has 31 heavy (non-hydrogen) atoms. The zero-order valence-electron chi connectivity index (χ0n) is 17.2. The highest BCUT2D eigenvalue weighted by Gasteiger charge is 2.16. The molecule has 1 fully saturated rings. The topological polar surface area (TPSA) is 95.2 Å². The fourth-order valence-corrected chi connectivity index (χ4v) is 6.18. The summed E-state index contributed by atoms with van der Waals surface area (Å²) in [6.07, 6.45) is 2.66.